The average Bonchev–Trinajstić information content (AvgIpc) is 3.48. The van der Waals surface area contributed by atoms with Gasteiger partial charge in [0.1, 0.15) is 17.3 Å². The Balaban J connectivity index is 1.37. The molecule has 0 spiro atoms. The molecule has 8 nitrogen and oxygen atoms in total. The van der Waals surface area contributed by atoms with Crippen molar-refractivity contribution >= 4 is 17.3 Å². The maximum absolute atomic E-state index is 5.65. The minimum atomic E-state index is 0.761. The van der Waals surface area contributed by atoms with E-state index in [2.05, 4.69) is 50.0 Å². The second kappa shape index (κ2) is 8.57. The molecule has 5 rings (SSSR count). The van der Waals surface area contributed by atoms with Gasteiger partial charge in [-0.25, -0.2) is 14.5 Å². The van der Waals surface area contributed by atoms with Gasteiger partial charge in [0.05, 0.1) is 11.9 Å². The number of fused-ring (bicyclic) bond motifs is 1. The summed E-state index contributed by atoms with van der Waals surface area (Å²) in [6.45, 7) is 8.10. The van der Waals surface area contributed by atoms with E-state index in [1.54, 1.807) is 0 Å². The van der Waals surface area contributed by atoms with Crippen LogP contribution in [0.15, 0.2) is 36.5 Å². The Morgan fingerprint density at radius 2 is 1.67 bits per heavy atom. The molecule has 0 atom stereocenters. The largest absolute Gasteiger partial charge is 0.355 e. The van der Waals surface area contributed by atoms with Crippen molar-refractivity contribution in [2.75, 3.05) is 62.2 Å². The van der Waals surface area contributed by atoms with Crippen LogP contribution in [0.25, 0.3) is 17.0 Å². The monoisotopic (exact) mass is 406 g/mol. The molecule has 2 saturated heterocycles. The molecule has 3 aromatic rings. The van der Waals surface area contributed by atoms with Gasteiger partial charge in [-0.2, -0.15) is 0 Å². The predicted octanol–water partition coefficient (Wildman–Crippen LogP) is 1.86. The van der Waals surface area contributed by atoms with Crippen LogP contribution in [0.4, 0.5) is 11.6 Å². The normalized spacial score (nSPS) is 17.9. The van der Waals surface area contributed by atoms with E-state index in [1.807, 2.05) is 10.7 Å². The van der Waals surface area contributed by atoms with Crippen molar-refractivity contribution in [1.29, 1.82) is 0 Å². The Bertz CT molecular complexity index is 986. The maximum Gasteiger partial charge on any atom is 0.154 e. The fraction of sp³-hybridized carbons (Fsp3) is 0.500. The van der Waals surface area contributed by atoms with E-state index in [9.17, 15) is 0 Å². The molecule has 0 amide bonds. The van der Waals surface area contributed by atoms with Crippen molar-refractivity contribution in [3.05, 3.63) is 36.5 Å². The molecule has 0 saturated carbocycles. The summed E-state index contributed by atoms with van der Waals surface area (Å²) in [4.78, 5) is 16.7. The van der Waals surface area contributed by atoms with Gasteiger partial charge >= 0.3 is 0 Å². The molecular formula is C22H30N8. The van der Waals surface area contributed by atoms with Gasteiger partial charge in [0, 0.05) is 39.3 Å². The number of imidazole rings is 1. The number of rotatable bonds is 6. The fourth-order valence-electron chi connectivity index (χ4n) is 4.41. The highest BCUT2D eigenvalue weighted by molar-refractivity contribution is 5.62. The molecule has 8 heteroatoms. The summed E-state index contributed by atoms with van der Waals surface area (Å²) in [6.07, 6.45) is 5.42. The van der Waals surface area contributed by atoms with Crippen LogP contribution in [0.3, 0.4) is 0 Å². The standard InChI is InChI=1S/C22H30N8/c23-9-4-10-27-13-15-29(16-14-27)21-6-3-5-18(25-21)19-17-24-20-7-8-22(26-30(19)20)28-11-1-2-12-28/h3,5-8,17H,1-2,4,9-16,23H2. The third-order valence-corrected chi connectivity index (χ3v) is 6.15. The zero-order chi connectivity index (χ0) is 20.3. The number of aromatic nitrogens is 4. The third-order valence-electron chi connectivity index (χ3n) is 6.15. The minimum absolute atomic E-state index is 0.761. The lowest BCUT2D eigenvalue weighted by Gasteiger charge is -2.35. The molecule has 5 heterocycles. The third kappa shape index (κ3) is 3.85. The molecule has 3 aromatic heterocycles. The van der Waals surface area contributed by atoms with E-state index in [-0.39, 0.29) is 0 Å². The van der Waals surface area contributed by atoms with Crippen molar-refractivity contribution in [3.63, 3.8) is 0 Å². The summed E-state index contributed by atoms with van der Waals surface area (Å²) in [7, 11) is 0. The second-order valence-corrected chi connectivity index (χ2v) is 8.15. The van der Waals surface area contributed by atoms with Crippen molar-refractivity contribution in [2.45, 2.75) is 19.3 Å². The van der Waals surface area contributed by atoms with E-state index in [0.29, 0.717) is 0 Å². The zero-order valence-corrected chi connectivity index (χ0v) is 17.5. The molecule has 0 aliphatic carbocycles. The summed E-state index contributed by atoms with van der Waals surface area (Å²) in [6, 6.07) is 10.4. The Kier molecular flexibility index (Phi) is 5.50. The summed E-state index contributed by atoms with van der Waals surface area (Å²) in [5.41, 5.74) is 8.36. The van der Waals surface area contributed by atoms with Gasteiger partial charge in [-0.15, -0.1) is 5.10 Å². The summed E-state index contributed by atoms with van der Waals surface area (Å²) < 4.78 is 1.94. The van der Waals surface area contributed by atoms with Crippen LogP contribution in [0.2, 0.25) is 0 Å². The molecule has 2 fully saturated rings. The first-order valence-corrected chi connectivity index (χ1v) is 11.1. The van der Waals surface area contributed by atoms with Gasteiger partial charge in [-0.05, 0) is 56.6 Å². The highest BCUT2D eigenvalue weighted by Gasteiger charge is 2.19. The molecule has 2 aliphatic heterocycles. The summed E-state index contributed by atoms with van der Waals surface area (Å²) in [5, 5.41) is 4.88. The number of pyridine rings is 1. The lowest BCUT2D eigenvalue weighted by atomic mass is 10.2. The van der Waals surface area contributed by atoms with Gasteiger partial charge in [-0.1, -0.05) is 6.07 Å². The van der Waals surface area contributed by atoms with Crippen LogP contribution in [-0.2, 0) is 0 Å². The summed E-state index contributed by atoms with van der Waals surface area (Å²) in [5.74, 6) is 2.04. The summed E-state index contributed by atoms with van der Waals surface area (Å²) >= 11 is 0. The van der Waals surface area contributed by atoms with Crippen LogP contribution in [0.1, 0.15) is 19.3 Å². The fourth-order valence-corrected chi connectivity index (χ4v) is 4.41. The molecule has 2 aliphatic rings. The van der Waals surface area contributed by atoms with Crippen LogP contribution < -0.4 is 15.5 Å². The molecule has 0 aromatic carbocycles. The van der Waals surface area contributed by atoms with Gasteiger partial charge in [-0.3, -0.25) is 4.90 Å². The average molecular weight is 407 g/mol. The second-order valence-electron chi connectivity index (χ2n) is 8.15. The Labute approximate surface area is 177 Å². The first-order valence-electron chi connectivity index (χ1n) is 11.1. The van der Waals surface area contributed by atoms with E-state index in [1.165, 1.54) is 12.8 Å². The highest BCUT2D eigenvalue weighted by atomic mass is 15.3. The van der Waals surface area contributed by atoms with Crippen molar-refractivity contribution < 1.29 is 0 Å². The number of hydrogen-bond acceptors (Lipinski definition) is 7. The van der Waals surface area contributed by atoms with Gasteiger partial charge < -0.3 is 15.5 Å². The van der Waals surface area contributed by atoms with E-state index in [0.717, 1.165) is 87.4 Å². The topological polar surface area (TPSA) is 78.8 Å². The molecule has 2 N–H and O–H groups in total. The molecular weight excluding hydrogens is 376 g/mol. The Hall–Kier alpha value is -2.71. The number of piperazine rings is 1. The molecule has 0 unspecified atom stereocenters. The molecule has 30 heavy (non-hydrogen) atoms. The number of nitrogens with two attached hydrogens (primary N) is 1. The molecule has 0 radical (unpaired) electrons. The van der Waals surface area contributed by atoms with Crippen LogP contribution in [-0.4, -0.2) is 76.8 Å². The SMILES string of the molecule is NCCCN1CCN(c2cccc(-c3cnc4ccc(N5CCCC5)nn34)n2)CC1. The zero-order valence-electron chi connectivity index (χ0n) is 17.5. The minimum Gasteiger partial charge on any atom is -0.355 e. The highest BCUT2D eigenvalue weighted by Crippen LogP contribution is 2.24. The van der Waals surface area contributed by atoms with Gasteiger partial charge in [0.15, 0.2) is 5.65 Å². The van der Waals surface area contributed by atoms with Gasteiger partial charge in [0.25, 0.3) is 0 Å². The van der Waals surface area contributed by atoms with Crippen molar-refractivity contribution in [3.8, 4) is 11.4 Å². The first kappa shape index (κ1) is 19.3. The smallest absolute Gasteiger partial charge is 0.154 e. The molecule has 158 valence electrons. The van der Waals surface area contributed by atoms with E-state index < -0.39 is 0 Å². The number of nitrogens with zero attached hydrogens (tertiary/aromatic N) is 7. The number of anilines is 2. The van der Waals surface area contributed by atoms with Crippen LogP contribution in [0, 0.1) is 0 Å². The van der Waals surface area contributed by atoms with Crippen LogP contribution >= 0.6 is 0 Å². The van der Waals surface area contributed by atoms with E-state index in [4.69, 9.17) is 15.8 Å². The van der Waals surface area contributed by atoms with Crippen molar-refractivity contribution in [1.82, 2.24) is 24.5 Å². The van der Waals surface area contributed by atoms with E-state index >= 15 is 0 Å². The Morgan fingerprint density at radius 3 is 2.47 bits per heavy atom. The van der Waals surface area contributed by atoms with Gasteiger partial charge in [0.2, 0.25) is 0 Å². The molecule has 0 bridgehead atoms. The van der Waals surface area contributed by atoms with Crippen LogP contribution in [0.5, 0.6) is 0 Å². The Morgan fingerprint density at radius 1 is 0.867 bits per heavy atom. The first-order chi connectivity index (χ1) is 14.8. The lowest BCUT2D eigenvalue weighted by Crippen LogP contribution is -2.47. The predicted molar refractivity (Wildman–Crippen MR) is 120 cm³/mol. The maximum atomic E-state index is 5.65. The quantitative estimate of drug-likeness (QED) is 0.669. The lowest BCUT2D eigenvalue weighted by molar-refractivity contribution is 0.256. The van der Waals surface area contributed by atoms with Crippen molar-refractivity contribution in [2.24, 2.45) is 5.73 Å². The number of hydrogen-bond donors (Lipinski definition) is 1.